The first-order valence-electron chi connectivity index (χ1n) is 8.88. The monoisotopic (exact) mass is 315 g/mol. The van der Waals surface area contributed by atoms with Crippen LogP contribution in [0.3, 0.4) is 0 Å². The summed E-state index contributed by atoms with van der Waals surface area (Å²) in [5.41, 5.74) is 1.16. The van der Waals surface area contributed by atoms with Gasteiger partial charge in [0, 0.05) is 12.0 Å². The lowest BCUT2D eigenvalue weighted by Gasteiger charge is -2.20. The number of hydrogen-bond acceptors (Lipinski definition) is 5. The van der Waals surface area contributed by atoms with E-state index in [0.29, 0.717) is 12.0 Å². The van der Waals surface area contributed by atoms with Gasteiger partial charge in [0.15, 0.2) is 11.6 Å². The minimum atomic E-state index is 0.295. The Morgan fingerprint density at radius 1 is 1.22 bits per heavy atom. The first-order valence-corrected chi connectivity index (χ1v) is 8.88. The normalized spacial score (nSPS) is 23.6. The number of aromatic amines is 1. The topological polar surface area (TPSA) is 70.8 Å². The van der Waals surface area contributed by atoms with Crippen molar-refractivity contribution in [2.24, 2.45) is 0 Å². The summed E-state index contributed by atoms with van der Waals surface area (Å²) in [6.45, 7) is 3.82. The molecule has 2 aliphatic rings. The third kappa shape index (κ3) is 3.17. The average Bonchev–Trinajstić information content (AvgIpc) is 3.29. The van der Waals surface area contributed by atoms with E-state index >= 15 is 0 Å². The molecule has 1 aliphatic carbocycles. The molecule has 2 fully saturated rings. The van der Waals surface area contributed by atoms with Gasteiger partial charge in [-0.05, 0) is 39.2 Å². The molecule has 0 aromatic carbocycles. The highest BCUT2D eigenvalue weighted by Gasteiger charge is 2.30. The molecule has 0 amide bonds. The summed E-state index contributed by atoms with van der Waals surface area (Å²) >= 11 is 0. The third-order valence-corrected chi connectivity index (χ3v) is 5.24. The number of nitrogens with one attached hydrogen (secondary N) is 1. The maximum absolute atomic E-state index is 5.63. The largest absolute Gasteiger partial charge is 0.360 e. The third-order valence-electron chi connectivity index (χ3n) is 5.24. The molecule has 0 spiro atoms. The van der Waals surface area contributed by atoms with Crippen molar-refractivity contribution in [2.45, 2.75) is 70.4 Å². The van der Waals surface area contributed by atoms with Gasteiger partial charge in [-0.15, -0.1) is 0 Å². The molecule has 1 saturated carbocycles. The summed E-state index contributed by atoms with van der Waals surface area (Å²) in [6, 6.07) is 2.47. The van der Waals surface area contributed by atoms with Crippen LogP contribution in [0.2, 0.25) is 0 Å². The van der Waals surface area contributed by atoms with E-state index in [0.717, 1.165) is 42.6 Å². The van der Waals surface area contributed by atoms with Crippen LogP contribution in [0.25, 0.3) is 0 Å². The molecule has 6 nitrogen and oxygen atoms in total. The van der Waals surface area contributed by atoms with Crippen molar-refractivity contribution in [3.8, 4) is 0 Å². The molecule has 23 heavy (non-hydrogen) atoms. The Balaban J connectivity index is 1.44. The van der Waals surface area contributed by atoms with Crippen LogP contribution in [-0.4, -0.2) is 31.8 Å². The molecular formula is C17H25N5O. The summed E-state index contributed by atoms with van der Waals surface area (Å²) in [5, 5.41) is 11.6. The van der Waals surface area contributed by atoms with Gasteiger partial charge in [0.1, 0.15) is 5.82 Å². The number of likely N-dealkylation sites (tertiary alicyclic amines) is 1. The highest BCUT2D eigenvalue weighted by atomic mass is 16.5. The molecular weight excluding hydrogens is 290 g/mol. The summed E-state index contributed by atoms with van der Waals surface area (Å²) in [6.07, 6.45) is 8.83. The molecule has 6 heteroatoms. The molecule has 124 valence electrons. The standard InChI is InChI=1S/C17H25N5O/c1-12-18-17(20-19-12)16-8-5-9-22(16)11-14-10-15(21-23-14)13-6-3-2-4-7-13/h10,13,16H,2-9,11H2,1H3,(H,18,19,20)/t16-/m1/s1. The van der Waals surface area contributed by atoms with Crippen molar-refractivity contribution in [1.29, 1.82) is 0 Å². The fraction of sp³-hybridized carbons (Fsp3) is 0.706. The second kappa shape index (κ2) is 6.43. The van der Waals surface area contributed by atoms with E-state index in [1.807, 2.05) is 6.92 Å². The van der Waals surface area contributed by atoms with Gasteiger partial charge in [-0.3, -0.25) is 10.00 Å². The van der Waals surface area contributed by atoms with Gasteiger partial charge in [0.25, 0.3) is 0 Å². The number of rotatable bonds is 4. The highest BCUT2D eigenvalue weighted by Crippen LogP contribution is 2.34. The van der Waals surface area contributed by atoms with E-state index in [4.69, 9.17) is 4.52 Å². The van der Waals surface area contributed by atoms with E-state index in [9.17, 15) is 0 Å². The van der Waals surface area contributed by atoms with Crippen LogP contribution >= 0.6 is 0 Å². The average molecular weight is 315 g/mol. The highest BCUT2D eigenvalue weighted by molar-refractivity contribution is 5.12. The number of H-pyrrole nitrogens is 1. The predicted octanol–water partition coefficient (Wildman–Crippen LogP) is 3.49. The van der Waals surface area contributed by atoms with Crippen molar-refractivity contribution >= 4 is 0 Å². The van der Waals surface area contributed by atoms with Crippen molar-refractivity contribution < 1.29 is 4.52 Å². The lowest BCUT2D eigenvalue weighted by atomic mass is 9.87. The maximum atomic E-state index is 5.63. The smallest absolute Gasteiger partial charge is 0.167 e. The molecule has 2 aromatic rings. The molecule has 0 bridgehead atoms. The van der Waals surface area contributed by atoms with Crippen molar-refractivity contribution in [2.75, 3.05) is 6.54 Å². The first-order chi connectivity index (χ1) is 11.3. The number of aryl methyl sites for hydroxylation is 1. The van der Waals surface area contributed by atoms with Crippen LogP contribution < -0.4 is 0 Å². The van der Waals surface area contributed by atoms with Crippen LogP contribution in [0.15, 0.2) is 10.6 Å². The molecule has 1 aliphatic heterocycles. The summed E-state index contributed by atoms with van der Waals surface area (Å²) < 4.78 is 5.63. The zero-order valence-electron chi connectivity index (χ0n) is 13.8. The van der Waals surface area contributed by atoms with Crippen LogP contribution in [0, 0.1) is 6.92 Å². The van der Waals surface area contributed by atoms with Crippen LogP contribution in [0.1, 0.15) is 80.0 Å². The maximum Gasteiger partial charge on any atom is 0.167 e. The van der Waals surface area contributed by atoms with E-state index in [1.54, 1.807) is 0 Å². The minimum Gasteiger partial charge on any atom is -0.360 e. The fourth-order valence-corrected chi connectivity index (χ4v) is 4.01. The van der Waals surface area contributed by atoms with Gasteiger partial charge in [-0.2, -0.15) is 5.10 Å². The number of hydrogen-bond donors (Lipinski definition) is 1. The van der Waals surface area contributed by atoms with E-state index < -0.39 is 0 Å². The van der Waals surface area contributed by atoms with Crippen LogP contribution in [-0.2, 0) is 6.54 Å². The van der Waals surface area contributed by atoms with Crippen molar-refractivity contribution in [3.05, 3.63) is 29.2 Å². The quantitative estimate of drug-likeness (QED) is 0.935. The van der Waals surface area contributed by atoms with Gasteiger partial charge in [-0.25, -0.2) is 4.98 Å². The number of nitrogens with zero attached hydrogens (tertiary/aromatic N) is 4. The van der Waals surface area contributed by atoms with Gasteiger partial charge < -0.3 is 4.52 Å². The Hall–Kier alpha value is -1.69. The molecule has 1 atom stereocenters. The van der Waals surface area contributed by atoms with E-state index in [2.05, 4.69) is 31.3 Å². The van der Waals surface area contributed by atoms with Crippen LogP contribution in [0.5, 0.6) is 0 Å². The Kier molecular flexibility index (Phi) is 4.16. The Labute approximate surface area is 136 Å². The van der Waals surface area contributed by atoms with E-state index in [1.165, 1.54) is 38.5 Å². The molecule has 0 unspecified atom stereocenters. The predicted molar refractivity (Wildman–Crippen MR) is 85.8 cm³/mol. The minimum absolute atomic E-state index is 0.295. The van der Waals surface area contributed by atoms with Gasteiger partial charge in [0.2, 0.25) is 0 Å². The Bertz CT molecular complexity index is 643. The Morgan fingerprint density at radius 2 is 2.09 bits per heavy atom. The molecule has 1 N–H and O–H groups in total. The number of aromatic nitrogens is 4. The zero-order chi connectivity index (χ0) is 15.6. The zero-order valence-corrected chi connectivity index (χ0v) is 13.8. The lowest BCUT2D eigenvalue weighted by Crippen LogP contribution is -2.23. The molecule has 4 rings (SSSR count). The second-order valence-corrected chi connectivity index (χ2v) is 6.96. The molecule has 0 radical (unpaired) electrons. The van der Waals surface area contributed by atoms with E-state index in [-0.39, 0.29) is 0 Å². The van der Waals surface area contributed by atoms with Gasteiger partial charge in [0.05, 0.1) is 18.3 Å². The molecule has 2 aromatic heterocycles. The van der Waals surface area contributed by atoms with Crippen molar-refractivity contribution in [1.82, 2.24) is 25.2 Å². The van der Waals surface area contributed by atoms with Crippen molar-refractivity contribution in [3.63, 3.8) is 0 Å². The van der Waals surface area contributed by atoms with Gasteiger partial charge in [-0.1, -0.05) is 24.4 Å². The molecule has 1 saturated heterocycles. The fourth-order valence-electron chi connectivity index (χ4n) is 4.01. The SMILES string of the molecule is Cc1nc([C@H]2CCCN2Cc2cc(C3CCCCC3)no2)n[nH]1. The lowest BCUT2D eigenvalue weighted by molar-refractivity contribution is 0.210. The summed E-state index contributed by atoms with van der Waals surface area (Å²) in [4.78, 5) is 6.92. The molecule has 3 heterocycles. The van der Waals surface area contributed by atoms with Crippen LogP contribution in [0.4, 0.5) is 0 Å². The Morgan fingerprint density at radius 3 is 2.87 bits per heavy atom. The summed E-state index contributed by atoms with van der Waals surface area (Å²) in [7, 11) is 0. The first kappa shape index (κ1) is 14.9. The second-order valence-electron chi connectivity index (χ2n) is 6.96. The summed E-state index contributed by atoms with van der Waals surface area (Å²) in [5.74, 6) is 3.37. The van der Waals surface area contributed by atoms with Gasteiger partial charge >= 0.3 is 0 Å².